The average Bonchev–Trinajstić information content (AvgIpc) is 3.19. The lowest BCUT2D eigenvalue weighted by atomic mass is 10.1. The van der Waals surface area contributed by atoms with Crippen molar-refractivity contribution in [2.45, 2.75) is 19.5 Å². The Hall–Kier alpha value is -3.83. The maximum absolute atomic E-state index is 13.1. The summed E-state index contributed by atoms with van der Waals surface area (Å²) in [5.41, 5.74) is 1.56. The number of methoxy groups -OCH3 is 1. The van der Waals surface area contributed by atoms with Gasteiger partial charge in [-0.25, -0.2) is 0 Å². The molecule has 39 heavy (non-hydrogen) atoms. The van der Waals surface area contributed by atoms with Crippen LogP contribution in [0.1, 0.15) is 23.6 Å². The van der Waals surface area contributed by atoms with E-state index >= 15 is 0 Å². The number of ether oxygens (including phenoxy) is 2. The van der Waals surface area contributed by atoms with E-state index in [-0.39, 0.29) is 27.4 Å². The number of alkyl halides is 3. The van der Waals surface area contributed by atoms with Crippen molar-refractivity contribution in [2.75, 3.05) is 23.9 Å². The summed E-state index contributed by atoms with van der Waals surface area (Å²) in [6.07, 6.45) is -2.09. The van der Waals surface area contributed by atoms with Crippen molar-refractivity contribution in [3.63, 3.8) is 0 Å². The number of nitrogens with one attached hydrogen (secondary N) is 1. The van der Waals surface area contributed by atoms with Gasteiger partial charge in [-0.1, -0.05) is 55.2 Å². The van der Waals surface area contributed by atoms with E-state index < -0.39 is 17.6 Å². The number of carbonyl (C=O) groups is 2. The lowest BCUT2D eigenvalue weighted by molar-refractivity contribution is -0.137. The number of benzene rings is 3. The van der Waals surface area contributed by atoms with E-state index in [0.29, 0.717) is 22.7 Å². The topological polar surface area (TPSA) is 67.9 Å². The van der Waals surface area contributed by atoms with Crippen molar-refractivity contribution in [2.24, 2.45) is 0 Å². The second kappa shape index (κ2) is 11.9. The maximum Gasteiger partial charge on any atom is 0.416 e. The number of aryl methyl sites for hydroxylation is 1. The number of carbonyl (C=O) groups excluding carboxylic acids is 2. The van der Waals surface area contributed by atoms with E-state index in [1.54, 1.807) is 24.3 Å². The normalized spacial score (nSPS) is 14.6. The van der Waals surface area contributed by atoms with Crippen LogP contribution in [0.2, 0.25) is 0 Å². The van der Waals surface area contributed by atoms with Crippen LogP contribution in [-0.4, -0.2) is 29.9 Å². The highest BCUT2D eigenvalue weighted by molar-refractivity contribution is 8.27. The van der Waals surface area contributed by atoms with Gasteiger partial charge in [0.1, 0.15) is 0 Å². The number of halogens is 3. The Morgan fingerprint density at radius 2 is 1.82 bits per heavy atom. The summed E-state index contributed by atoms with van der Waals surface area (Å²) in [5.74, 6) is -0.226. The summed E-state index contributed by atoms with van der Waals surface area (Å²) in [4.78, 5) is 26.7. The standard InChI is InChI=1S/C28H23F3N2O4S2/c1-3-17-7-10-20(11-8-17)32-25(34)16-37-22-12-9-18(13-23(22)36-2)14-24-26(35)33(27(38)39-24)21-6-4-5-19(15-21)28(29,30)31/h4-15H,3,16H2,1-2H3,(H,32,34)/b24-14-. The third-order valence-electron chi connectivity index (χ3n) is 5.72. The van der Waals surface area contributed by atoms with Crippen molar-refractivity contribution in [1.29, 1.82) is 0 Å². The molecular weight excluding hydrogens is 549 g/mol. The first-order valence-electron chi connectivity index (χ1n) is 11.7. The predicted molar refractivity (Wildman–Crippen MR) is 150 cm³/mol. The monoisotopic (exact) mass is 572 g/mol. The molecule has 0 bridgehead atoms. The third-order valence-corrected chi connectivity index (χ3v) is 7.02. The molecule has 0 saturated carbocycles. The van der Waals surface area contributed by atoms with Gasteiger partial charge in [-0.2, -0.15) is 13.2 Å². The Balaban J connectivity index is 1.45. The molecule has 3 aromatic carbocycles. The molecule has 2 amide bonds. The number of rotatable bonds is 8. The highest BCUT2D eigenvalue weighted by Gasteiger charge is 2.36. The number of thiocarbonyl (C=S) groups is 1. The van der Waals surface area contributed by atoms with Crippen LogP contribution in [0.5, 0.6) is 11.5 Å². The molecule has 1 N–H and O–H groups in total. The van der Waals surface area contributed by atoms with Crippen LogP contribution in [0.3, 0.4) is 0 Å². The second-order valence-corrected chi connectivity index (χ2v) is 10.0. The van der Waals surface area contributed by atoms with Gasteiger partial charge in [0.25, 0.3) is 11.8 Å². The van der Waals surface area contributed by atoms with E-state index in [9.17, 15) is 22.8 Å². The molecule has 11 heteroatoms. The molecule has 0 radical (unpaired) electrons. The highest BCUT2D eigenvalue weighted by atomic mass is 32.2. The van der Waals surface area contributed by atoms with Gasteiger partial charge in [-0.05, 0) is 66.1 Å². The van der Waals surface area contributed by atoms with Gasteiger partial charge in [0.05, 0.1) is 23.3 Å². The van der Waals surface area contributed by atoms with E-state index in [0.717, 1.165) is 40.8 Å². The molecule has 1 aliphatic heterocycles. The summed E-state index contributed by atoms with van der Waals surface area (Å²) in [5, 5.41) is 2.77. The molecule has 6 nitrogen and oxygen atoms in total. The van der Waals surface area contributed by atoms with Gasteiger partial charge in [-0.15, -0.1) is 0 Å². The first-order chi connectivity index (χ1) is 18.6. The third kappa shape index (κ3) is 6.79. The number of hydrogen-bond donors (Lipinski definition) is 1. The molecule has 0 aliphatic carbocycles. The van der Waals surface area contributed by atoms with Crippen molar-refractivity contribution in [3.8, 4) is 11.5 Å². The molecule has 0 atom stereocenters. The van der Waals surface area contributed by atoms with Crippen molar-refractivity contribution in [3.05, 3.63) is 88.3 Å². The molecular formula is C28H23F3N2O4S2. The molecule has 1 heterocycles. The molecule has 4 rings (SSSR count). The van der Waals surface area contributed by atoms with Gasteiger partial charge >= 0.3 is 6.18 Å². The molecule has 3 aromatic rings. The van der Waals surface area contributed by atoms with Gasteiger partial charge in [0, 0.05) is 5.69 Å². The Bertz CT molecular complexity index is 1440. The molecule has 0 aromatic heterocycles. The molecule has 1 aliphatic rings. The fourth-order valence-corrected chi connectivity index (χ4v) is 5.02. The smallest absolute Gasteiger partial charge is 0.416 e. The largest absolute Gasteiger partial charge is 0.493 e. The number of hydrogen-bond acceptors (Lipinski definition) is 6. The minimum absolute atomic E-state index is 0.0386. The molecule has 1 saturated heterocycles. The fraction of sp³-hybridized carbons (Fsp3) is 0.179. The SMILES string of the molecule is CCc1ccc(NC(=O)COc2ccc(/C=C3\SC(=S)N(c4cccc(C(F)(F)F)c4)C3=O)cc2OC)cc1. The van der Waals surface area contributed by atoms with Crippen molar-refractivity contribution >= 4 is 57.6 Å². The second-order valence-electron chi connectivity index (χ2n) is 8.36. The zero-order chi connectivity index (χ0) is 28.2. The lowest BCUT2D eigenvalue weighted by Crippen LogP contribution is -2.27. The minimum Gasteiger partial charge on any atom is -0.493 e. The van der Waals surface area contributed by atoms with Crippen molar-refractivity contribution in [1.82, 2.24) is 0 Å². The van der Waals surface area contributed by atoms with Crippen LogP contribution in [0, 0.1) is 0 Å². The van der Waals surface area contributed by atoms with Crippen LogP contribution in [0.25, 0.3) is 6.08 Å². The van der Waals surface area contributed by atoms with Gasteiger partial charge in [0.15, 0.2) is 22.4 Å². The zero-order valence-corrected chi connectivity index (χ0v) is 22.5. The summed E-state index contributed by atoms with van der Waals surface area (Å²) in [6, 6.07) is 16.8. The molecule has 1 fully saturated rings. The van der Waals surface area contributed by atoms with E-state index in [1.165, 1.54) is 19.2 Å². The van der Waals surface area contributed by atoms with Crippen LogP contribution < -0.4 is 19.7 Å². The Morgan fingerprint density at radius 3 is 2.49 bits per heavy atom. The highest BCUT2D eigenvalue weighted by Crippen LogP contribution is 2.39. The number of thioether (sulfide) groups is 1. The molecule has 202 valence electrons. The molecule has 0 spiro atoms. The summed E-state index contributed by atoms with van der Waals surface area (Å²) in [6.45, 7) is 1.80. The fourth-order valence-electron chi connectivity index (χ4n) is 3.72. The summed E-state index contributed by atoms with van der Waals surface area (Å²) < 4.78 is 50.6. The molecule has 0 unspecified atom stereocenters. The van der Waals surface area contributed by atoms with Gasteiger partial charge in [-0.3, -0.25) is 14.5 Å². The van der Waals surface area contributed by atoms with Crippen LogP contribution in [0.15, 0.2) is 71.6 Å². The average molecular weight is 573 g/mol. The van der Waals surface area contributed by atoms with Gasteiger partial charge < -0.3 is 14.8 Å². The Kier molecular flexibility index (Phi) is 8.61. The first kappa shape index (κ1) is 28.2. The minimum atomic E-state index is -4.55. The van der Waals surface area contributed by atoms with E-state index in [4.69, 9.17) is 21.7 Å². The number of nitrogens with zero attached hydrogens (tertiary/aromatic N) is 1. The first-order valence-corrected chi connectivity index (χ1v) is 13.0. The predicted octanol–water partition coefficient (Wildman–Crippen LogP) is 6.70. The maximum atomic E-state index is 13.1. The summed E-state index contributed by atoms with van der Waals surface area (Å²) >= 11 is 6.26. The quantitative estimate of drug-likeness (QED) is 0.239. The zero-order valence-electron chi connectivity index (χ0n) is 20.9. The van der Waals surface area contributed by atoms with Gasteiger partial charge in [0.2, 0.25) is 0 Å². The number of amides is 2. The van der Waals surface area contributed by atoms with Crippen molar-refractivity contribution < 1.29 is 32.2 Å². The van der Waals surface area contributed by atoms with Crippen LogP contribution >= 0.6 is 24.0 Å². The Morgan fingerprint density at radius 1 is 1.08 bits per heavy atom. The van der Waals surface area contributed by atoms with Crippen LogP contribution in [0.4, 0.5) is 24.5 Å². The number of anilines is 2. The Labute approximate surface area is 232 Å². The van der Waals surface area contributed by atoms with E-state index in [2.05, 4.69) is 5.32 Å². The lowest BCUT2D eigenvalue weighted by Gasteiger charge is -2.16. The van der Waals surface area contributed by atoms with Crippen LogP contribution in [-0.2, 0) is 22.2 Å². The van der Waals surface area contributed by atoms with E-state index in [1.807, 2.05) is 31.2 Å². The summed E-state index contributed by atoms with van der Waals surface area (Å²) in [7, 11) is 1.44.